The molecule has 1 atom stereocenters. The van der Waals surface area contributed by atoms with Crippen LogP contribution in [0, 0.1) is 5.82 Å². The first-order valence-corrected chi connectivity index (χ1v) is 12.4. The van der Waals surface area contributed by atoms with Gasteiger partial charge in [-0.3, -0.25) is 19.3 Å². The van der Waals surface area contributed by atoms with Crippen LogP contribution in [-0.2, 0) is 19.8 Å². The molecule has 2 aromatic rings. The van der Waals surface area contributed by atoms with E-state index in [-0.39, 0.29) is 36.3 Å². The van der Waals surface area contributed by atoms with Crippen LogP contribution in [0.1, 0.15) is 50.5 Å². The van der Waals surface area contributed by atoms with Crippen LogP contribution in [0.3, 0.4) is 0 Å². The molecule has 9 heteroatoms. The SMILES string of the molecule is O=C(CC1(c2ccccc2F)CC(=O)N(C2CCCC2)C1=O)N1CCCN(c2ncccn2)CC1. The molecule has 3 amide bonds. The topological polar surface area (TPSA) is 86.7 Å². The molecule has 8 nitrogen and oxygen atoms in total. The van der Waals surface area contributed by atoms with Crippen molar-refractivity contribution in [3.63, 3.8) is 0 Å². The van der Waals surface area contributed by atoms with E-state index >= 15 is 4.39 Å². The van der Waals surface area contributed by atoms with Gasteiger partial charge in [0, 0.05) is 63.0 Å². The summed E-state index contributed by atoms with van der Waals surface area (Å²) < 4.78 is 15.1. The third kappa shape index (κ3) is 4.39. The molecule has 3 aliphatic rings. The predicted octanol–water partition coefficient (Wildman–Crippen LogP) is 2.68. The number of hydrogen-bond acceptors (Lipinski definition) is 6. The first kappa shape index (κ1) is 23.4. The lowest BCUT2D eigenvalue weighted by Crippen LogP contribution is -2.46. The van der Waals surface area contributed by atoms with Gasteiger partial charge in [-0.25, -0.2) is 14.4 Å². The zero-order chi connectivity index (χ0) is 24.4. The number of amides is 3. The summed E-state index contributed by atoms with van der Waals surface area (Å²) >= 11 is 0. The van der Waals surface area contributed by atoms with Crippen molar-refractivity contribution in [2.24, 2.45) is 0 Å². The monoisotopic (exact) mass is 479 g/mol. The molecule has 3 fully saturated rings. The van der Waals surface area contributed by atoms with Crippen molar-refractivity contribution in [3.05, 3.63) is 54.1 Å². The van der Waals surface area contributed by atoms with Crippen LogP contribution >= 0.6 is 0 Å². The predicted molar refractivity (Wildman–Crippen MR) is 127 cm³/mol. The van der Waals surface area contributed by atoms with Gasteiger partial charge in [-0.15, -0.1) is 0 Å². The Morgan fingerprint density at radius 1 is 0.971 bits per heavy atom. The highest BCUT2D eigenvalue weighted by molar-refractivity contribution is 6.11. The molecule has 2 saturated heterocycles. The number of carbonyl (C=O) groups excluding carboxylic acids is 3. The van der Waals surface area contributed by atoms with Gasteiger partial charge in [0.05, 0.1) is 5.41 Å². The number of halogens is 1. The summed E-state index contributed by atoms with van der Waals surface area (Å²) in [5, 5.41) is 0. The summed E-state index contributed by atoms with van der Waals surface area (Å²) in [7, 11) is 0. The second kappa shape index (κ2) is 9.71. The van der Waals surface area contributed by atoms with Crippen molar-refractivity contribution < 1.29 is 18.8 Å². The lowest BCUT2D eigenvalue weighted by molar-refractivity contribution is -0.144. The van der Waals surface area contributed by atoms with Crippen LogP contribution in [0.5, 0.6) is 0 Å². The molecule has 0 radical (unpaired) electrons. The molecule has 1 saturated carbocycles. The van der Waals surface area contributed by atoms with Crippen molar-refractivity contribution >= 4 is 23.7 Å². The van der Waals surface area contributed by atoms with Crippen LogP contribution in [-0.4, -0.2) is 69.7 Å². The number of aromatic nitrogens is 2. The maximum atomic E-state index is 15.1. The van der Waals surface area contributed by atoms with Gasteiger partial charge in [0.25, 0.3) is 0 Å². The van der Waals surface area contributed by atoms with E-state index in [4.69, 9.17) is 0 Å². The minimum Gasteiger partial charge on any atom is -0.341 e. The molecule has 3 heterocycles. The van der Waals surface area contributed by atoms with Crippen molar-refractivity contribution in [2.45, 2.75) is 56.4 Å². The Kier molecular flexibility index (Phi) is 6.49. The maximum Gasteiger partial charge on any atom is 0.241 e. The fourth-order valence-electron chi connectivity index (χ4n) is 5.78. The van der Waals surface area contributed by atoms with Gasteiger partial charge >= 0.3 is 0 Å². The third-order valence-corrected chi connectivity index (χ3v) is 7.57. The normalized spacial score (nSPS) is 23.7. The average Bonchev–Trinajstić information content (AvgIpc) is 3.37. The Morgan fingerprint density at radius 2 is 1.71 bits per heavy atom. The lowest BCUT2D eigenvalue weighted by Gasteiger charge is -2.31. The second-order valence-electron chi connectivity index (χ2n) is 9.69. The van der Waals surface area contributed by atoms with E-state index in [0.717, 1.165) is 32.1 Å². The average molecular weight is 480 g/mol. The Labute approximate surface area is 204 Å². The van der Waals surface area contributed by atoms with Gasteiger partial charge in [0.2, 0.25) is 23.7 Å². The van der Waals surface area contributed by atoms with E-state index in [0.29, 0.717) is 32.1 Å². The van der Waals surface area contributed by atoms with E-state index in [2.05, 4.69) is 9.97 Å². The number of imide groups is 1. The van der Waals surface area contributed by atoms with E-state index < -0.39 is 17.1 Å². The molecular weight excluding hydrogens is 449 g/mol. The van der Waals surface area contributed by atoms with E-state index in [9.17, 15) is 14.4 Å². The van der Waals surface area contributed by atoms with Gasteiger partial charge in [-0.05, 0) is 31.4 Å². The smallest absolute Gasteiger partial charge is 0.241 e. The van der Waals surface area contributed by atoms with Gasteiger partial charge in [-0.2, -0.15) is 0 Å². The van der Waals surface area contributed by atoms with E-state index in [1.165, 1.54) is 11.0 Å². The van der Waals surface area contributed by atoms with Crippen molar-refractivity contribution in [2.75, 3.05) is 31.1 Å². The number of nitrogens with zero attached hydrogens (tertiary/aromatic N) is 5. The molecule has 1 unspecified atom stereocenters. The largest absolute Gasteiger partial charge is 0.341 e. The number of rotatable bonds is 5. The molecule has 5 rings (SSSR count). The Bertz CT molecular complexity index is 1110. The number of anilines is 1. The fourth-order valence-corrected chi connectivity index (χ4v) is 5.78. The summed E-state index contributed by atoms with van der Waals surface area (Å²) in [6.07, 6.45) is 7.16. The van der Waals surface area contributed by atoms with Crippen LogP contribution in [0.25, 0.3) is 0 Å². The minimum absolute atomic E-state index is 0.140. The third-order valence-electron chi connectivity index (χ3n) is 7.57. The standard InChI is InChI=1S/C26H30FN5O3/c27-21-10-4-3-9-20(21)26(18-23(34)32(24(26)35)19-7-1-2-8-19)17-22(33)30-13-6-14-31(16-15-30)25-28-11-5-12-29-25/h3-5,9-12,19H,1-2,6-8,13-18H2. The highest BCUT2D eigenvalue weighted by Crippen LogP contribution is 2.44. The zero-order valence-corrected chi connectivity index (χ0v) is 19.7. The number of likely N-dealkylation sites (tertiary alicyclic amines) is 1. The summed E-state index contributed by atoms with van der Waals surface area (Å²) in [6, 6.07) is 7.65. The highest BCUT2D eigenvalue weighted by Gasteiger charge is 2.56. The van der Waals surface area contributed by atoms with Gasteiger partial charge < -0.3 is 9.80 Å². The molecule has 1 aromatic carbocycles. The van der Waals surface area contributed by atoms with Gasteiger partial charge in [0.1, 0.15) is 5.82 Å². The van der Waals surface area contributed by atoms with Crippen LogP contribution in [0.15, 0.2) is 42.7 Å². The van der Waals surface area contributed by atoms with Crippen molar-refractivity contribution in [3.8, 4) is 0 Å². The van der Waals surface area contributed by atoms with Crippen molar-refractivity contribution in [1.82, 2.24) is 19.8 Å². The summed E-state index contributed by atoms with van der Waals surface area (Å²) in [6.45, 7) is 2.23. The first-order valence-electron chi connectivity index (χ1n) is 12.4. The molecule has 0 bridgehead atoms. The van der Waals surface area contributed by atoms with Crippen LogP contribution in [0.4, 0.5) is 10.3 Å². The summed E-state index contributed by atoms with van der Waals surface area (Å²) in [5.74, 6) is -0.909. The fraction of sp³-hybridized carbons (Fsp3) is 0.500. The molecule has 1 aromatic heterocycles. The number of carbonyl (C=O) groups is 3. The second-order valence-corrected chi connectivity index (χ2v) is 9.69. The highest BCUT2D eigenvalue weighted by atomic mass is 19.1. The van der Waals surface area contributed by atoms with E-state index in [1.807, 2.05) is 4.90 Å². The molecule has 184 valence electrons. The number of hydrogen-bond donors (Lipinski definition) is 0. The molecule has 35 heavy (non-hydrogen) atoms. The van der Waals surface area contributed by atoms with Gasteiger partial charge in [0.15, 0.2) is 0 Å². The maximum absolute atomic E-state index is 15.1. The molecule has 1 aliphatic carbocycles. The first-order chi connectivity index (χ1) is 17.0. The molecule has 0 spiro atoms. The summed E-state index contributed by atoms with van der Waals surface area (Å²) in [5.41, 5.74) is -1.36. The van der Waals surface area contributed by atoms with Crippen molar-refractivity contribution in [1.29, 1.82) is 0 Å². The molecule has 2 aliphatic heterocycles. The quantitative estimate of drug-likeness (QED) is 0.613. The molecule has 0 N–H and O–H groups in total. The Balaban J connectivity index is 1.39. The van der Waals surface area contributed by atoms with Crippen LogP contribution < -0.4 is 4.90 Å². The minimum atomic E-state index is -1.50. The summed E-state index contributed by atoms with van der Waals surface area (Å²) in [4.78, 5) is 54.3. The van der Waals surface area contributed by atoms with Gasteiger partial charge in [-0.1, -0.05) is 31.0 Å². The zero-order valence-electron chi connectivity index (χ0n) is 19.7. The van der Waals surface area contributed by atoms with E-state index in [1.54, 1.807) is 41.6 Å². The number of benzene rings is 1. The van der Waals surface area contributed by atoms with Crippen LogP contribution in [0.2, 0.25) is 0 Å². The Hall–Kier alpha value is -3.36. The molecular formula is C26H30FN5O3. The Morgan fingerprint density at radius 3 is 2.46 bits per heavy atom. The lowest BCUT2D eigenvalue weighted by atomic mass is 9.75.